The molecule has 16 rings (SSSR count). The van der Waals surface area contributed by atoms with Crippen molar-refractivity contribution in [1.82, 2.24) is 79.6 Å². The van der Waals surface area contributed by atoms with Crippen molar-refractivity contribution >= 4 is 103 Å². The summed E-state index contributed by atoms with van der Waals surface area (Å²) in [6, 6.07) is 35.8. The average Bonchev–Trinajstić information content (AvgIpc) is 1.57. The molecule has 572 valence electrons. The van der Waals surface area contributed by atoms with Crippen LogP contribution in [-0.2, 0) is 12.8 Å². The van der Waals surface area contributed by atoms with Crippen LogP contribution in [0, 0.1) is 48.8 Å². The first-order valence-electron chi connectivity index (χ1n) is 35.6. The predicted octanol–water partition coefficient (Wildman–Crippen LogP) is 13.7. The Balaban J connectivity index is 0.000000163. The lowest BCUT2D eigenvalue weighted by Crippen LogP contribution is -2.49. The van der Waals surface area contributed by atoms with E-state index >= 15 is 13.2 Å². The maximum absolute atomic E-state index is 15.1. The molecule has 0 spiro atoms. The van der Waals surface area contributed by atoms with Gasteiger partial charge in [-0.2, -0.15) is 10.2 Å². The summed E-state index contributed by atoms with van der Waals surface area (Å²) in [7, 11) is 0. The second-order valence-electron chi connectivity index (χ2n) is 27.1. The smallest absolute Gasteiger partial charge is 0.338 e. The molecule has 0 bridgehead atoms. The number of piperazine rings is 2. The van der Waals surface area contributed by atoms with Gasteiger partial charge < -0.3 is 44.9 Å². The number of imidazole rings is 2. The van der Waals surface area contributed by atoms with Gasteiger partial charge in [0, 0.05) is 99.2 Å². The second kappa shape index (κ2) is 33.0. The van der Waals surface area contributed by atoms with Crippen molar-refractivity contribution in [2.45, 2.75) is 66.5 Å². The van der Waals surface area contributed by atoms with Gasteiger partial charge in [0.05, 0.1) is 80.5 Å². The topological polar surface area (TPSA) is 305 Å². The third-order valence-electron chi connectivity index (χ3n) is 19.1. The highest BCUT2D eigenvalue weighted by Gasteiger charge is 2.27. The van der Waals surface area contributed by atoms with E-state index in [-0.39, 0.29) is 93.0 Å². The number of hydrogen-bond acceptors (Lipinski definition) is 19. The van der Waals surface area contributed by atoms with E-state index in [1.54, 1.807) is 90.9 Å². The van der Waals surface area contributed by atoms with E-state index in [1.807, 2.05) is 74.1 Å². The zero-order valence-electron chi connectivity index (χ0n) is 61.2. The zero-order valence-corrected chi connectivity index (χ0v) is 62.0. The molecule has 112 heavy (non-hydrogen) atoms. The van der Waals surface area contributed by atoms with Crippen molar-refractivity contribution in [3.63, 3.8) is 0 Å². The van der Waals surface area contributed by atoms with Gasteiger partial charge >= 0.3 is 5.97 Å². The fraction of sp³-hybridized carbons (Fsp3) is 0.225. The number of aromatic carboxylic acids is 1. The highest BCUT2D eigenvalue weighted by atomic mass is 35.5. The van der Waals surface area contributed by atoms with E-state index in [0.29, 0.717) is 117 Å². The number of halogens is 7. The van der Waals surface area contributed by atoms with Gasteiger partial charge in [0.25, 0.3) is 17.0 Å². The van der Waals surface area contributed by atoms with E-state index in [2.05, 4.69) is 86.0 Å². The number of pyridine rings is 2. The molecule has 32 heteroatoms. The molecule has 25 nitrogen and oxygen atoms in total. The number of nitrogens with zero attached hydrogens (tertiary/aromatic N) is 15. The Bertz CT molecular complexity index is 6010. The number of carbonyl (C=O) groups excluding carboxylic acids is 1. The number of carboxylic acid groups (broad SMARTS) is 1. The minimum Gasteiger partial charge on any atom is -0.478 e. The fourth-order valence-electron chi connectivity index (χ4n) is 13.9. The normalized spacial score (nSPS) is 13.0. The highest BCUT2D eigenvalue weighted by molar-refractivity contribution is 5.95. The van der Waals surface area contributed by atoms with Crippen LogP contribution in [0.3, 0.4) is 0 Å². The summed E-state index contributed by atoms with van der Waals surface area (Å²) >= 11 is 0. The minimum atomic E-state index is -1.32. The summed E-state index contributed by atoms with van der Waals surface area (Å²) in [6.07, 6.45) is 6.15. The third kappa shape index (κ3) is 16.5. The molecule has 0 saturated carbocycles. The molecule has 1 amide bonds. The number of anilines is 6. The number of benzene rings is 6. The Morgan fingerprint density at radius 1 is 0.482 bits per heavy atom. The first kappa shape index (κ1) is 77.1. The summed E-state index contributed by atoms with van der Waals surface area (Å²) in [4.78, 5) is 88.8. The molecule has 10 heterocycles. The van der Waals surface area contributed by atoms with Gasteiger partial charge in [0.2, 0.25) is 11.9 Å². The number of carboxylic acids is 1. The van der Waals surface area contributed by atoms with Gasteiger partial charge in [-0.3, -0.25) is 14.4 Å². The van der Waals surface area contributed by atoms with Gasteiger partial charge in [-0.25, -0.2) is 81.2 Å². The molecule has 0 unspecified atom stereocenters. The number of rotatable bonds is 16. The lowest BCUT2D eigenvalue weighted by atomic mass is 10.0. The predicted molar refractivity (Wildman–Crippen MR) is 417 cm³/mol. The number of H-pyrrole nitrogens is 2. The number of carbonyl (C=O) groups is 2. The Kier molecular flexibility index (Phi) is 22.8. The molecule has 14 aromatic rings. The Morgan fingerprint density at radius 2 is 0.911 bits per heavy atom. The number of amides is 1. The molecule has 0 aliphatic carbocycles. The molecule has 6 N–H and O–H groups in total. The number of aryl methyl sites for hydroxylation is 2. The lowest BCUT2D eigenvalue weighted by molar-refractivity contribution is 0.0690. The average molecular weight is 1540 g/mol. The van der Waals surface area contributed by atoms with Crippen LogP contribution in [0.2, 0.25) is 0 Å². The van der Waals surface area contributed by atoms with Crippen LogP contribution >= 0.6 is 12.4 Å². The number of aromatic nitrogens is 14. The quantitative estimate of drug-likeness (QED) is 0.0490. The number of nitrogens with one attached hydrogen (secondary N) is 5. The molecule has 2 aliphatic rings. The summed E-state index contributed by atoms with van der Waals surface area (Å²) in [5.41, 5.74) is 5.50. The van der Waals surface area contributed by atoms with Gasteiger partial charge in [0.1, 0.15) is 57.3 Å². The summed E-state index contributed by atoms with van der Waals surface area (Å²) in [5.74, 6) is -3.01. The number of hydrogen-bond donors (Lipinski definition) is 6. The molecule has 0 atom stereocenters. The maximum atomic E-state index is 15.1. The Hall–Kier alpha value is -13.0. The van der Waals surface area contributed by atoms with Gasteiger partial charge in [0.15, 0.2) is 23.3 Å². The van der Waals surface area contributed by atoms with Crippen LogP contribution < -0.4 is 36.9 Å². The standard InChI is InChI=1S/C40H35F3N10O2.C24H26F2N8.C16H11FN2O3.ClH/c1-22(2)53-23(3)46-37-31(42)18-25(19-34(37)53)36-32(43)21-45-40(48-36)47-35-11-9-26(20-44-35)51-12-14-52(15-13-51)39(55)29-16-24(8-10-30(29)41)17-33-27-6-4-5-7-28(27)38(54)50-49-33;1-14(2)34-15(3)30-23-18(25)10-16(11-20(23)34)22-19(26)13-29-24(32-22)31-21-5-4-17(12-28-21)33-8-6-27-7-9-33;17-13-6-5-9(7-12(13)16(21)22)8-14-10-3-1-2-4-11(10)15(20)19-18-14;/h4-11,16,18-22H,12-15,17H2,1-3H3,(H,50,54)(H,44,45,47,48);4-5,10-14,27H,6-9H2,1-3H3,(H,28,29,31,32);1-7H,8H2,(H,19,20)(H,21,22);1H. The minimum absolute atomic E-state index is 0. The Labute approximate surface area is 641 Å². The van der Waals surface area contributed by atoms with Crippen LogP contribution in [0.25, 0.3) is 66.1 Å². The van der Waals surface area contributed by atoms with Crippen LogP contribution in [0.1, 0.15) is 94.7 Å². The molecular formula is C80H73ClF6N20O5. The second-order valence-corrected chi connectivity index (χ2v) is 27.1. The SMILES string of the molecule is Cc1nc2c(F)cc(-c3nc(Nc4ccc(N5CCN(C(=O)c6cc(Cc7n[nH]c(=O)c8ccccc78)ccc6F)CC5)cn4)ncc3F)cc2n1C(C)C.Cc1nc2c(F)cc(-c3nc(Nc4ccc(N5CCNCC5)cn4)ncc3F)cc2n1C(C)C.Cl.O=C(O)c1cc(Cc2n[nH]c(=O)c3ccccc23)ccc1F. The molecule has 2 aliphatic heterocycles. The first-order valence-corrected chi connectivity index (χ1v) is 35.6. The highest BCUT2D eigenvalue weighted by Crippen LogP contribution is 2.34. The molecule has 2 fully saturated rings. The summed E-state index contributed by atoms with van der Waals surface area (Å²) in [6.45, 7) is 17.0. The van der Waals surface area contributed by atoms with Crippen LogP contribution in [-0.4, -0.2) is 144 Å². The number of aromatic amines is 2. The van der Waals surface area contributed by atoms with E-state index in [1.165, 1.54) is 30.3 Å². The number of fused-ring (bicyclic) bond motifs is 4. The monoisotopic (exact) mass is 1540 g/mol. The summed E-state index contributed by atoms with van der Waals surface area (Å²) < 4.78 is 92.0. The maximum Gasteiger partial charge on any atom is 0.338 e. The van der Waals surface area contributed by atoms with Crippen molar-refractivity contribution in [3.05, 3.63) is 259 Å². The molecular weight excluding hydrogens is 1470 g/mol. The van der Waals surface area contributed by atoms with Crippen molar-refractivity contribution in [2.24, 2.45) is 0 Å². The van der Waals surface area contributed by atoms with Crippen molar-refractivity contribution in [1.29, 1.82) is 0 Å². The summed E-state index contributed by atoms with van der Waals surface area (Å²) in [5, 5.41) is 33.9. The van der Waals surface area contributed by atoms with Gasteiger partial charge in [-0.1, -0.05) is 48.5 Å². The van der Waals surface area contributed by atoms with Crippen LogP contribution in [0.15, 0.2) is 168 Å². The zero-order chi connectivity index (χ0) is 77.9. The van der Waals surface area contributed by atoms with Gasteiger partial charge in [-0.05, 0) is 138 Å². The van der Waals surface area contributed by atoms with Crippen molar-refractivity contribution < 1.29 is 41.0 Å². The third-order valence-corrected chi connectivity index (χ3v) is 19.1. The molecule has 2 saturated heterocycles. The molecule has 0 radical (unpaired) electrons. The van der Waals surface area contributed by atoms with E-state index < -0.39 is 46.8 Å². The van der Waals surface area contributed by atoms with Crippen LogP contribution in [0.5, 0.6) is 0 Å². The largest absolute Gasteiger partial charge is 0.478 e. The van der Waals surface area contributed by atoms with E-state index in [9.17, 15) is 32.3 Å². The van der Waals surface area contributed by atoms with Gasteiger partial charge in [-0.15, -0.1) is 12.4 Å². The first-order chi connectivity index (χ1) is 53.5. The van der Waals surface area contributed by atoms with Crippen molar-refractivity contribution in [3.8, 4) is 22.5 Å². The fourth-order valence-corrected chi connectivity index (χ4v) is 13.9. The van der Waals surface area contributed by atoms with E-state index in [4.69, 9.17) is 5.11 Å². The van der Waals surface area contributed by atoms with Crippen LogP contribution in [0.4, 0.5) is 61.2 Å². The van der Waals surface area contributed by atoms with E-state index in [0.717, 1.165) is 56.0 Å². The van der Waals surface area contributed by atoms with Crippen molar-refractivity contribution in [2.75, 3.05) is 72.8 Å². The molecule has 6 aromatic carbocycles. The molecule has 8 aromatic heterocycles. The lowest BCUT2D eigenvalue weighted by Gasteiger charge is -2.36. The Morgan fingerprint density at radius 3 is 1.34 bits per heavy atom.